The summed E-state index contributed by atoms with van der Waals surface area (Å²) < 4.78 is 57.3. The molecule has 0 spiro atoms. The highest BCUT2D eigenvalue weighted by Crippen LogP contribution is 2.36. The SMILES string of the molecule is C=S(=C)(C)N(C)c1cc(F)ccc1CNc1nc(Nc2ccc(N3CCN(C)CC3)cc2C)ncc1C(F)(F)F. The van der Waals surface area contributed by atoms with Gasteiger partial charge in [-0.05, 0) is 61.7 Å². The maximum atomic E-state index is 14.1. The number of nitrogens with zero attached hydrogens (tertiary/aromatic N) is 5. The highest BCUT2D eigenvalue weighted by Gasteiger charge is 2.35. The minimum atomic E-state index is -4.67. The molecule has 0 radical (unpaired) electrons. The number of alkyl halides is 3. The first-order valence-electron chi connectivity index (χ1n) is 12.7. The molecule has 1 aliphatic rings. The van der Waals surface area contributed by atoms with Crippen molar-refractivity contribution >= 4 is 50.0 Å². The van der Waals surface area contributed by atoms with Gasteiger partial charge in [0.2, 0.25) is 5.95 Å². The van der Waals surface area contributed by atoms with Gasteiger partial charge in [0.25, 0.3) is 0 Å². The summed E-state index contributed by atoms with van der Waals surface area (Å²) in [4.78, 5) is 12.7. The van der Waals surface area contributed by atoms with Crippen LogP contribution in [0.15, 0.2) is 42.6 Å². The Morgan fingerprint density at radius 3 is 2.40 bits per heavy atom. The Morgan fingerprint density at radius 1 is 1.07 bits per heavy atom. The zero-order valence-corrected chi connectivity index (χ0v) is 24.0. The van der Waals surface area contributed by atoms with E-state index in [-0.39, 0.29) is 18.3 Å². The molecule has 40 heavy (non-hydrogen) atoms. The molecule has 2 N–H and O–H groups in total. The normalized spacial score (nSPS) is 14.8. The molecule has 1 aliphatic heterocycles. The summed E-state index contributed by atoms with van der Waals surface area (Å²) in [7, 11) is 2.08. The lowest BCUT2D eigenvalue weighted by molar-refractivity contribution is -0.137. The first kappa shape index (κ1) is 29.5. The molecular formula is C28H35F4N7S. The lowest BCUT2D eigenvalue weighted by Gasteiger charge is -2.34. The number of hydrogen-bond donors (Lipinski definition) is 2. The minimum Gasteiger partial charge on any atom is -0.369 e. The number of anilines is 5. The van der Waals surface area contributed by atoms with E-state index in [0.717, 1.165) is 43.6 Å². The summed E-state index contributed by atoms with van der Waals surface area (Å²) in [5.41, 5.74) is 2.77. The number of nitrogens with one attached hydrogen (secondary N) is 2. The second-order valence-electron chi connectivity index (χ2n) is 10.2. The van der Waals surface area contributed by atoms with Crippen molar-refractivity contribution in [3.63, 3.8) is 0 Å². The van der Waals surface area contributed by atoms with E-state index < -0.39 is 26.9 Å². The van der Waals surface area contributed by atoms with Crippen molar-refractivity contribution in [2.24, 2.45) is 0 Å². The molecule has 4 rings (SSSR count). The van der Waals surface area contributed by atoms with Gasteiger partial charge in [0.15, 0.2) is 0 Å². The van der Waals surface area contributed by atoms with Crippen LogP contribution in [-0.2, 0) is 12.7 Å². The van der Waals surface area contributed by atoms with Crippen LogP contribution in [0.1, 0.15) is 16.7 Å². The van der Waals surface area contributed by atoms with Crippen LogP contribution in [0.5, 0.6) is 0 Å². The lowest BCUT2D eigenvalue weighted by Crippen LogP contribution is -2.44. The largest absolute Gasteiger partial charge is 0.421 e. The smallest absolute Gasteiger partial charge is 0.369 e. The summed E-state index contributed by atoms with van der Waals surface area (Å²) in [5, 5.41) is 5.85. The van der Waals surface area contributed by atoms with E-state index in [1.807, 2.05) is 31.4 Å². The van der Waals surface area contributed by atoms with Crippen LogP contribution in [-0.4, -0.2) is 73.1 Å². The third-order valence-corrected chi connectivity index (χ3v) is 8.43. The monoisotopic (exact) mass is 577 g/mol. The Bertz CT molecular complexity index is 1470. The molecule has 0 aliphatic carbocycles. The Balaban J connectivity index is 1.58. The highest BCUT2D eigenvalue weighted by atomic mass is 32.2. The molecule has 0 atom stereocenters. The van der Waals surface area contributed by atoms with E-state index in [9.17, 15) is 17.6 Å². The Labute approximate surface area is 233 Å². The van der Waals surface area contributed by atoms with Crippen LogP contribution >= 0.6 is 9.39 Å². The lowest BCUT2D eigenvalue weighted by atomic mass is 10.1. The number of rotatable bonds is 8. The van der Waals surface area contributed by atoms with Crippen LogP contribution in [0.4, 0.5) is 46.4 Å². The van der Waals surface area contributed by atoms with Crippen LogP contribution in [0.25, 0.3) is 0 Å². The molecule has 0 unspecified atom stereocenters. The second-order valence-corrected chi connectivity index (χ2v) is 13.2. The van der Waals surface area contributed by atoms with Gasteiger partial charge in [0.1, 0.15) is 17.2 Å². The molecule has 7 nitrogen and oxygen atoms in total. The number of likely N-dealkylation sites (N-methyl/N-ethyl adjacent to an activating group) is 1. The zero-order chi connectivity index (χ0) is 29.2. The average Bonchev–Trinajstić information content (AvgIpc) is 2.88. The topological polar surface area (TPSA) is 59.6 Å². The molecule has 0 bridgehead atoms. The number of piperazine rings is 1. The summed E-state index contributed by atoms with van der Waals surface area (Å²) >= 11 is 0. The van der Waals surface area contributed by atoms with Crippen LogP contribution in [0, 0.1) is 12.7 Å². The van der Waals surface area contributed by atoms with Crippen molar-refractivity contribution in [3.8, 4) is 0 Å². The van der Waals surface area contributed by atoms with Crippen molar-refractivity contribution in [1.29, 1.82) is 0 Å². The maximum Gasteiger partial charge on any atom is 0.421 e. The highest BCUT2D eigenvalue weighted by molar-refractivity contribution is 8.28. The molecule has 2 aromatic carbocycles. The van der Waals surface area contributed by atoms with E-state index in [2.05, 4.69) is 49.2 Å². The quantitative estimate of drug-likeness (QED) is 0.263. The molecule has 3 aromatic rings. The van der Waals surface area contributed by atoms with Gasteiger partial charge in [0.05, 0.1) is 5.69 Å². The predicted octanol–water partition coefficient (Wildman–Crippen LogP) is 5.70. The van der Waals surface area contributed by atoms with E-state index >= 15 is 0 Å². The molecular weight excluding hydrogens is 542 g/mol. The van der Waals surface area contributed by atoms with E-state index in [1.165, 1.54) is 18.2 Å². The minimum absolute atomic E-state index is 0.0231. The predicted molar refractivity (Wildman–Crippen MR) is 161 cm³/mol. The number of hydrogen-bond acceptors (Lipinski definition) is 7. The van der Waals surface area contributed by atoms with Crippen LogP contribution < -0.4 is 19.8 Å². The first-order chi connectivity index (χ1) is 18.7. The Kier molecular flexibility index (Phi) is 8.50. The molecule has 216 valence electrons. The Hall–Kier alpha value is -3.51. The fourth-order valence-electron chi connectivity index (χ4n) is 4.35. The number of halogens is 4. The summed E-state index contributed by atoms with van der Waals surface area (Å²) in [5.74, 6) is 7.27. The molecule has 1 fully saturated rings. The number of aromatic nitrogens is 2. The van der Waals surface area contributed by atoms with Gasteiger partial charge in [0, 0.05) is 57.3 Å². The Morgan fingerprint density at radius 2 is 1.77 bits per heavy atom. The first-order valence-corrected chi connectivity index (χ1v) is 15.0. The summed E-state index contributed by atoms with van der Waals surface area (Å²) in [6.07, 6.45) is -2.08. The standard InChI is InChI=1S/C28H35F4N7S/c1-19-15-22(39-13-11-37(2)12-14-39)9-10-24(19)35-27-34-18-23(28(30,31)32)26(36-27)33-17-20-7-8-21(29)16-25(20)38(3)40(4,5)6/h7-10,15-16,18H,4-5,11-14,17H2,1-3,6H3,(H2,33,34,35,36). The molecule has 2 heterocycles. The fraction of sp³-hybridized carbons (Fsp3) is 0.357. The van der Waals surface area contributed by atoms with Crippen molar-refractivity contribution in [1.82, 2.24) is 14.9 Å². The number of aryl methyl sites for hydroxylation is 1. The van der Waals surface area contributed by atoms with Gasteiger partial charge in [-0.15, -0.1) is 9.39 Å². The van der Waals surface area contributed by atoms with Gasteiger partial charge in [-0.3, -0.25) is 0 Å². The van der Waals surface area contributed by atoms with Crippen LogP contribution in [0.2, 0.25) is 0 Å². The van der Waals surface area contributed by atoms with Crippen LogP contribution in [0.3, 0.4) is 0 Å². The second kappa shape index (κ2) is 11.5. The average molecular weight is 578 g/mol. The van der Waals surface area contributed by atoms with Crippen molar-refractivity contribution < 1.29 is 17.6 Å². The van der Waals surface area contributed by atoms with Crippen molar-refractivity contribution in [2.45, 2.75) is 19.6 Å². The van der Waals surface area contributed by atoms with E-state index in [0.29, 0.717) is 16.9 Å². The molecule has 0 saturated carbocycles. The van der Waals surface area contributed by atoms with Gasteiger partial charge < -0.3 is 24.7 Å². The van der Waals surface area contributed by atoms with Crippen molar-refractivity contribution in [3.05, 3.63) is 65.1 Å². The third kappa shape index (κ3) is 6.97. The van der Waals surface area contributed by atoms with E-state index in [1.54, 1.807) is 11.4 Å². The van der Waals surface area contributed by atoms with Gasteiger partial charge in [-0.2, -0.15) is 18.2 Å². The number of benzene rings is 2. The van der Waals surface area contributed by atoms with Crippen molar-refractivity contribution in [2.75, 3.05) is 66.4 Å². The summed E-state index contributed by atoms with van der Waals surface area (Å²) in [6.45, 7) is 5.71. The van der Waals surface area contributed by atoms with Gasteiger partial charge in [-0.25, -0.2) is 9.37 Å². The van der Waals surface area contributed by atoms with E-state index in [4.69, 9.17) is 0 Å². The van der Waals surface area contributed by atoms with Gasteiger partial charge in [-0.1, -0.05) is 17.8 Å². The van der Waals surface area contributed by atoms with Gasteiger partial charge >= 0.3 is 6.18 Å². The zero-order valence-electron chi connectivity index (χ0n) is 23.1. The molecule has 1 saturated heterocycles. The summed E-state index contributed by atoms with van der Waals surface area (Å²) in [6, 6.07) is 10.0. The molecule has 12 heteroatoms. The fourth-order valence-corrected chi connectivity index (χ4v) is 4.99. The molecule has 0 amide bonds. The maximum absolute atomic E-state index is 14.1. The third-order valence-electron chi connectivity index (χ3n) is 6.91. The molecule has 1 aromatic heterocycles.